The third kappa shape index (κ3) is 4.67. The van der Waals surface area contributed by atoms with Crippen LogP contribution in [0.2, 0.25) is 0 Å². The Bertz CT molecular complexity index is 426. The van der Waals surface area contributed by atoms with Crippen molar-refractivity contribution in [3.63, 3.8) is 0 Å². The minimum Gasteiger partial charge on any atom is -0.508 e. The SMILES string of the molecule is CCC(NCc1cc(O)ccc1Br)C(O)C(F)(F)F. The summed E-state index contributed by atoms with van der Waals surface area (Å²) < 4.78 is 37.9. The predicted molar refractivity (Wildman–Crippen MR) is 68.8 cm³/mol. The van der Waals surface area contributed by atoms with E-state index in [-0.39, 0.29) is 18.7 Å². The van der Waals surface area contributed by atoms with Gasteiger partial charge in [0, 0.05) is 17.1 Å². The summed E-state index contributed by atoms with van der Waals surface area (Å²) >= 11 is 3.24. The van der Waals surface area contributed by atoms with Crippen molar-refractivity contribution < 1.29 is 23.4 Å². The quantitative estimate of drug-likeness (QED) is 0.771. The average Bonchev–Trinajstić information content (AvgIpc) is 2.32. The largest absolute Gasteiger partial charge is 0.508 e. The topological polar surface area (TPSA) is 52.5 Å². The van der Waals surface area contributed by atoms with Gasteiger partial charge in [-0.1, -0.05) is 22.9 Å². The van der Waals surface area contributed by atoms with E-state index in [0.717, 1.165) is 0 Å². The number of hydrogen-bond acceptors (Lipinski definition) is 3. The zero-order valence-corrected chi connectivity index (χ0v) is 11.8. The van der Waals surface area contributed by atoms with Gasteiger partial charge in [-0.2, -0.15) is 13.2 Å². The molecule has 1 aromatic rings. The van der Waals surface area contributed by atoms with Crippen molar-refractivity contribution in [2.24, 2.45) is 0 Å². The maximum atomic E-state index is 12.4. The molecule has 19 heavy (non-hydrogen) atoms. The number of halogens is 4. The van der Waals surface area contributed by atoms with Crippen molar-refractivity contribution in [1.82, 2.24) is 5.32 Å². The zero-order chi connectivity index (χ0) is 14.6. The van der Waals surface area contributed by atoms with Crippen molar-refractivity contribution in [3.05, 3.63) is 28.2 Å². The van der Waals surface area contributed by atoms with Crippen LogP contribution in [0.1, 0.15) is 18.9 Å². The molecule has 0 bridgehead atoms. The lowest BCUT2D eigenvalue weighted by Crippen LogP contribution is -2.47. The number of aromatic hydroxyl groups is 1. The van der Waals surface area contributed by atoms with Crippen molar-refractivity contribution in [1.29, 1.82) is 0 Å². The van der Waals surface area contributed by atoms with Gasteiger partial charge in [-0.15, -0.1) is 0 Å². The minimum absolute atomic E-state index is 0.0319. The van der Waals surface area contributed by atoms with E-state index >= 15 is 0 Å². The maximum absolute atomic E-state index is 12.4. The highest BCUT2D eigenvalue weighted by molar-refractivity contribution is 9.10. The number of phenols is 1. The number of aliphatic hydroxyl groups excluding tert-OH is 1. The van der Waals surface area contributed by atoms with Crippen LogP contribution < -0.4 is 5.32 Å². The summed E-state index contributed by atoms with van der Waals surface area (Å²) in [5.41, 5.74) is 0.618. The van der Waals surface area contributed by atoms with Gasteiger partial charge in [0.25, 0.3) is 0 Å². The van der Waals surface area contributed by atoms with Crippen LogP contribution >= 0.6 is 15.9 Å². The number of hydrogen-bond donors (Lipinski definition) is 3. The van der Waals surface area contributed by atoms with Gasteiger partial charge < -0.3 is 15.5 Å². The zero-order valence-electron chi connectivity index (χ0n) is 10.2. The van der Waals surface area contributed by atoms with E-state index < -0.39 is 18.3 Å². The molecule has 0 radical (unpaired) electrons. The third-order valence-corrected chi connectivity index (χ3v) is 3.51. The Morgan fingerprint density at radius 3 is 2.53 bits per heavy atom. The Morgan fingerprint density at radius 2 is 2.00 bits per heavy atom. The van der Waals surface area contributed by atoms with Gasteiger partial charge in [0.15, 0.2) is 6.10 Å². The van der Waals surface area contributed by atoms with Gasteiger partial charge in [-0.25, -0.2) is 0 Å². The number of benzene rings is 1. The van der Waals surface area contributed by atoms with Gasteiger partial charge in [-0.05, 0) is 30.2 Å². The van der Waals surface area contributed by atoms with Crippen LogP contribution in [0, 0.1) is 0 Å². The Labute approximate surface area is 117 Å². The van der Waals surface area contributed by atoms with Crippen LogP contribution in [0.4, 0.5) is 13.2 Å². The molecule has 3 N–H and O–H groups in total. The van der Waals surface area contributed by atoms with E-state index in [2.05, 4.69) is 21.2 Å². The van der Waals surface area contributed by atoms with Gasteiger partial charge in [0.05, 0.1) is 0 Å². The first-order chi connectivity index (χ1) is 8.75. The summed E-state index contributed by atoms with van der Waals surface area (Å²) in [6.45, 7) is 1.67. The highest BCUT2D eigenvalue weighted by atomic mass is 79.9. The lowest BCUT2D eigenvalue weighted by Gasteiger charge is -2.25. The van der Waals surface area contributed by atoms with E-state index in [9.17, 15) is 23.4 Å². The van der Waals surface area contributed by atoms with E-state index in [1.165, 1.54) is 12.1 Å². The molecule has 1 rings (SSSR count). The maximum Gasteiger partial charge on any atom is 0.415 e. The fourth-order valence-electron chi connectivity index (χ4n) is 1.65. The standard InChI is InChI=1S/C12H15BrF3NO2/c1-2-10(11(19)12(14,15)16)17-6-7-5-8(18)3-4-9(7)13/h3-5,10-11,17-19H,2,6H2,1H3. The third-order valence-electron chi connectivity index (χ3n) is 2.74. The molecule has 0 aliphatic rings. The van der Waals surface area contributed by atoms with Crippen molar-refractivity contribution in [3.8, 4) is 5.75 Å². The van der Waals surface area contributed by atoms with Crippen LogP contribution in [-0.4, -0.2) is 28.5 Å². The molecular weight excluding hydrogens is 327 g/mol. The summed E-state index contributed by atoms with van der Waals surface area (Å²) in [5, 5.41) is 21.2. The molecule has 0 spiro atoms. The highest BCUT2D eigenvalue weighted by Gasteiger charge is 2.42. The van der Waals surface area contributed by atoms with Crippen molar-refractivity contribution in [2.45, 2.75) is 38.2 Å². The Hall–Kier alpha value is -0.790. The smallest absolute Gasteiger partial charge is 0.415 e. The van der Waals surface area contributed by atoms with E-state index in [1.54, 1.807) is 13.0 Å². The molecule has 0 aliphatic carbocycles. The van der Waals surface area contributed by atoms with Crippen molar-refractivity contribution in [2.75, 3.05) is 0 Å². The van der Waals surface area contributed by atoms with Crippen LogP contribution in [0.15, 0.2) is 22.7 Å². The normalized spacial score (nSPS) is 15.3. The molecule has 0 aromatic heterocycles. The van der Waals surface area contributed by atoms with Crippen LogP contribution in [0.25, 0.3) is 0 Å². The number of aliphatic hydroxyl groups is 1. The number of rotatable bonds is 5. The molecule has 2 atom stereocenters. The summed E-state index contributed by atoms with van der Waals surface area (Å²) in [4.78, 5) is 0. The predicted octanol–water partition coefficient (Wildman–Crippen LogP) is 2.95. The molecule has 0 saturated heterocycles. The van der Waals surface area contributed by atoms with Crippen LogP contribution in [-0.2, 0) is 6.54 Å². The first-order valence-electron chi connectivity index (χ1n) is 5.71. The van der Waals surface area contributed by atoms with Gasteiger partial charge in [0.1, 0.15) is 5.75 Å². The highest BCUT2D eigenvalue weighted by Crippen LogP contribution is 2.25. The lowest BCUT2D eigenvalue weighted by molar-refractivity contribution is -0.212. The average molecular weight is 342 g/mol. The molecule has 0 amide bonds. The van der Waals surface area contributed by atoms with Gasteiger partial charge >= 0.3 is 6.18 Å². The Kier molecular flexibility index (Phi) is 5.64. The first kappa shape index (κ1) is 16.3. The molecule has 3 nitrogen and oxygen atoms in total. The second-order valence-corrected chi connectivity index (χ2v) is 5.01. The molecular formula is C12H15BrF3NO2. The summed E-state index contributed by atoms with van der Waals surface area (Å²) in [6, 6.07) is 3.43. The Balaban J connectivity index is 2.70. The molecule has 0 saturated carbocycles. The summed E-state index contributed by atoms with van der Waals surface area (Å²) in [5.74, 6) is 0.0319. The first-order valence-corrected chi connectivity index (χ1v) is 6.50. The monoisotopic (exact) mass is 341 g/mol. The minimum atomic E-state index is -4.65. The molecule has 0 fully saturated rings. The second kappa shape index (κ2) is 6.58. The van der Waals surface area contributed by atoms with Crippen molar-refractivity contribution >= 4 is 15.9 Å². The van der Waals surface area contributed by atoms with E-state index in [4.69, 9.17) is 0 Å². The number of alkyl halides is 3. The molecule has 0 aliphatic heterocycles. The number of nitrogens with one attached hydrogen (secondary N) is 1. The van der Waals surface area contributed by atoms with Gasteiger partial charge in [0.2, 0.25) is 0 Å². The Morgan fingerprint density at radius 1 is 1.37 bits per heavy atom. The molecule has 0 heterocycles. The fraction of sp³-hybridized carbons (Fsp3) is 0.500. The lowest BCUT2D eigenvalue weighted by atomic mass is 10.1. The second-order valence-electron chi connectivity index (χ2n) is 4.16. The molecule has 7 heteroatoms. The summed E-state index contributed by atoms with van der Waals surface area (Å²) in [6.07, 6.45) is -6.92. The number of phenolic OH excluding ortho intramolecular Hbond substituents is 1. The molecule has 1 aromatic carbocycles. The van der Waals surface area contributed by atoms with Crippen LogP contribution in [0.5, 0.6) is 5.75 Å². The van der Waals surface area contributed by atoms with Crippen LogP contribution in [0.3, 0.4) is 0 Å². The van der Waals surface area contributed by atoms with E-state index in [1.807, 2.05) is 0 Å². The van der Waals surface area contributed by atoms with E-state index in [0.29, 0.717) is 10.0 Å². The fourth-order valence-corrected chi connectivity index (χ4v) is 2.03. The molecule has 2 unspecified atom stereocenters. The molecule has 108 valence electrons. The van der Waals surface area contributed by atoms with Gasteiger partial charge in [-0.3, -0.25) is 0 Å². The summed E-state index contributed by atoms with van der Waals surface area (Å²) in [7, 11) is 0.